The molecule has 2 saturated heterocycles. The van der Waals surface area contributed by atoms with Gasteiger partial charge < -0.3 is 38.5 Å². The normalized spacial score (nSPS) is 30.2. The summed E-state index contributed by atoms with van der Waals surface area (Å²) in [7, 11) is 0. The molecule has 1 aromatic carbocycles. The second kappa shape index (κ2) is 9.92. The Morgan fingerprint density at radius 1 is 1.18 bits per heavy atom. The van der Waals surface area contributed by atoms with E-state index in [0.29, 0.717) is 11.5 Å². The third-order valence-corrected chi connectivity index (χ3v) is 5.47. The van der Waals surface area contributed by atoms with E-state index in [9.17, 15) is 14.7 Å². The van der Waals surface area contributed by atoms with Crippen molar-refractivity contribution in [2.45, 2.75) is 63.8 Å². The van der Waals surface area contributed by atoms with Crippen LogP contribution in [0.1, 0.15) is 31.5 Å². The van der Waals surface area contributed by atoms with Gasteiger partial charge in [0.05, 0.1) is 12.9 Å². The smallest absolute Gasteiger partial charge is 0.332 e. The zero-order valence-corrected chi connectivity index (χ0v) is 18.5. The topological polar surface area (TPSA) is 126 Å². The molecule has 7 unspecified atom stereocenters. The lowest BCUT2D eigenvalue weighted by Crippen LogP contribution is -2.68. The molecule has 0 aliphatic carbocycles. The Hall–Kier alpha value is -2.92. The predicted octanol–water partition coefficient (Wildman–Crippen LogP) is 2.17. The van der Waals surface area contributed by atoms with Gasteiger partial charge in [-0.2, -0.15) is 0 Å². The molecule has 33 heavy (non-hydrogen) atoms. The van der Waals surface area contributed by atoms with E-state index in [2.05, 4.69) is 5.32 Å². The molecule has 0 radical (unpaired) electrons. The number of carbonyl (C=O) groups is 2. The Morgan fingerprint density at radius 2 is 1.94 bits per heavy atom. The monoisotopic (exact) mass is 461 g/mol. The Balaban J connectivity index is 1.64. The second-order valence-electron chi connectivity index (χ2n) is 8.06. The molecule has 2 aliphatic rings. The van der Waals surface area contributed by atoms with Crippen molar-refractivity contribution in [3.63, 3.8) is 0 Å². The van der Waals surface area contributed by atoms with Crippen LogP contribution in [-0.2, 0) is 28.5 Å². The number of carbonyl (C=O) groups excluding carboxylic acids is 1. The van der Waals surface area contributed by atoms with Gasteiger partial charge >= 0.3 is 5.97 Å². The molecule has 2 aliphatic heterocycles. The minimum Gasteiger partial charge on any atom is -0.479 e. The molecule has 4 rings (SSSR count). The molecule has 10 heteroatoms. The summed E-state index contributed by atoms with van der Waals surface area (Å²) in [6.45, 7) is 4.84. The standard InChI is InChI=1S/C23H27NO9/c1-12-6-8-15(9-7-12)31-23-18(24-14(3)25)20(30-13(2)21(26)27)19-17(32-23)11-29-22(33-19)16-5-4-10-28-16/h4-10,13,17-20,22-23H,11H2,1-3H3,(H,24,25)(H,26,27). The fourth-order valence-electron chi connectivity index (χ4n) is 3.84. The lowest BCUT2D eigenvalue weighted by Gasteiger charge is -2.49. The third kappa shape index (κ3) is 5.36. The molecule has 0 bridgehead atoms. The first-order valence-electron chi connectivity index (χ1n) is 10.7. The number of carboxylic acid groups (broad SMARTS) is 1. The van der Waals surface area contributed by atoms with E-state index in [1.807, 2.05) is 19.1 Å². The Kier molecular flexibility index (Phi) is 6.99. The van der Waals surface area contributed by atoms with Crippen LogP contribution >= 0.6 is 0 Å². The van der Waals surface area contributed by atoms with Gasteiger partial charge in [-0.15, -0.1) is 0 Å². The van der Waals surface area contributed by atoms with Gasteiger partial charge in [-0.1, -0.05) is 17.7 Å². The molecule has 1 amide bonds. The zero-order valence-electron chi connectivity index (χ0n) is 18.5. The van der Waals surface area contributed by atoms with Gasteiger partial charge in [0.1, 0.15) is 30.1 Å². The van der Waals surface area contributed by atoms with E-state index in [0.717, 1.165) is 5.56 Å². The Morgan fingerprint density at radius 3 is 2.58 bits per heavy atom. The fraction of sp³-hybridized carbons (Fsp3) is 0.478. The quantitative estimate of drug-likeness (QED) is 0.638. The molecule has 1 aromatic heterocycles. The number of amides is 1. The largest absolute Gasteiger partial charge is 0.479 e. The number of furan rings is 1. The molecule has 2 fully saturated rings. The van der Waals surface area contributed by atoms with E-state index in [-0.39, 0.29) is 12.5 Å². The lowest BCUT2D eigenvalue weighted by atomic mass is 9.95. The van der Waals surface area contributed by atoms with Crippen molar-refractivity contribution in [3.05, 3.63) is 54.0 Å². The van der Waals surface area contributed by atoms with Crippen LogP contribution in [-0.4, -0.2) is 60.3 Å². The molecule has 7 atom stereocenters. The highest BCUT2D eigenvalue weighted by molar-refractivity contribution is 5.73. The number of hydrogen-bond donors (Lipinski definition) is 2. The highest BCUT2D eigenvalue weighted by Crippen LogP contribution is 2.36. The first-order valence-corrected chi connectivity index (χ1v) is 10.7. The first kappa shape index (κ1) is 23.2. The van der Waals surface area contributed by atoms with Gasteiger partial charge in [0, 0.05) is 6.92 Å². The minimum absolute atomic E-state index is 0.123. The number of aliphatic carboxylic acids is 1. The summed E-state index contributed by atoms with van der Waals surface area (Å²) >= 11 is 0. The molecule has 0 spiro atoms. The van der Waals surface area contributed by atoms with Crippen LogP contribution in [0.15, 0.2) is 47.1 Å². The van der Waals surface area contributed by atoms with Gasteiger partial charge in [0.25, 0.3) is 0 Å². The summed E-state index contributed by atoms with van der Waals surface area (Å²) < 4.78 is 35.3. The van der Waals surface area contributed by atoms with E-state index < -0.39 is 49.0 Å². The molecule has 2 N–H and O–H groups in total. The molecule has 178 valence electrons. The van der Waals surface area contributed by atoms with Crippen LogP contribution in [0.2, 0.25) is 0 Å². The van der Waals surface area contributed by atoms with Crippen molar-refractivity contribution in [3.8, 4) is 5.75 Å². The molecular weight excluding hydrogens is 434 g/mol. The van der Waals surface area contributed by atoms with Crippen molar-refractivity contribution >= 4 is 11.9 Å². The number of carboxylic acids is 1. The van der Waals surface area contributed by atoms with Crippen molar-refractivity contribution in [1.29, 1.82) is 0 Å². The van der Waals surface area contributed by atoms with E-state index in [4.69, 9.17) is 28.1 Å². The fourth-order valence-corrected chi connectivity index (χ4v) is 3.84. The molecule has 10 nitrogen and oxygen atoms in total. The van der Waals surface area contributed by atoms with Crippen molar-refractivity contribution in [1.82, 2.24) is 5.32 Å². The van der Waals surface area contributed by atoms with Gasteiger partial charge in [-0.05, 0) is 38.1 Å². The number of aryl methyl sites for hydroxylation is 1. The Labute approximate surface area is 190 Å². The van der Waals surface area contributed by atoms with E-state index in [1.165, 1.54) is 20.1 Å². The number of rotatable bonds is 7. The maximum atomic E-state index is 12.1. The SMILES string of the molecule is CC(=O)NC1C(Oc2ccc(C)cc2)OC2COC(c3ccco3)OC2C1OC(C)C(=O)O. The molecule has 3 heterocycles. The van der Waals surface area contributed by atoms with E-state index >= 15 is 0 Å². The summed E-state index contributed by atoms with van der Waals surface area (Å²) in [4.78, 5) is 23.6. The number of ether oxygens (including phenoxy) is 5. The average molecular weight is 461 g/mol. The van der Waals surface area contributed by atoms with Crippen LogP contribution in [0.25, 0.3) is 0 Å². The zero-order chi connectivity index (χ0) is 23.5. The third-order valence-electron chi connectivity index (χ3n) is 5.47. The Bertz CT molecular complexity index is 945. The molecule has 0 saturated carbocycles. The van der Waals surface area contributed by atoms with Gasteiger partial charge in [-0.25, -0.2) is 4.79 Å². The van der Waals surface area contributed by atoms with Crippen LogP contribution in [0.3, 0.4) is 0 Å². The number of hydrogen-bond acceptors (Lipinski definition) is 8. The van der Waals surface area contributed by atoms with Crippen LogP contribution in [0.4, 0.5) is 0 Å². The summed E-state index contributed by atoms with van der Waals surface area (Å²) in [5.41, 5.74) is 1.06. The summed E-state index contributed by atoms with van der Waals surface area (Å²) in [5, 5.41) is 12.2. The van der Waals surface area contributed by atoms with Crippen LogP contribution in [0.5, 0.6) is 5.75 Å². The maximum absolute atomic E-state index is 12.1. The highest BCUT2D eigenvalue weighted by Gasteiger charge is 2.53. The minimum atomic E-state index is -1.17. The summed E-state index contributed by atoms with van der Waals surface area (Å²) in [6, 6.07) is 9.89. The van der Waals surface area contributed by atoms with Crippen molar-refractivity contribution in [2.24, 2.45) is 0 Å². The number of fused-ring (bicyclic) bond motifs is 1. The second-order valence-corrected chi connectivity index (χ2v) is 8.06. The van der Waals surface area contributed by atoms with Crippen molar-refractivity contribution < 1.29 is 42.8 Å². The van der Waals surface area contributed by atoms with Crippen molar-refractivity contribution in [2.75, 3.05) is 6.61 Å². The van der Waals surface area contributed by atoms with Gasteiger partial charge in [-0.3, -0.25) is 4.79 Å². The molecule has 2 aromatic rings. The van der Waals surface area contributed by atoms with Gasteiger partial charge in [0.15, 0.2) is 11.9 Å². The first-order chi connectivity index (χ1) is 15.8. The maximum Gasteiger partial charge on any atom is 0.332 e. The summed E-state index contributed by atoms with van der Waals surface area (Å²) in [5.74, 6) is -0.529. The lowest BCUT2D eigenvalue weighted by molar-refractivity contribution is -0.343. The highest BCUT2D eigenvalue weighted by atomic mass is 16.8. The summed E-state index contributed by atoms with van der Waals surface area (Å²) in [6.07, 6.45) is -3.78. The van der Waals surface area contributed by atoms with Crippen LogP contribution in [0, 0.1) is 6.92 Å². The average Bonchev–Trinajstić information content (AvgIpc) is 3.31. The van der Waals surface area contributed by atoms with Crippen LogP contribution < -0.4 is 10.1 Å². The van der Waals surface area contributed by atoms with E-state index in [1.54, 1.807) is 24.3 Å². The number of nitrogens with one attached hydrogen (secondary N) is 1. The van der Waals surface area contributed by atoms with Gasteiger partial charge in [0.2, 0.25) is 18.5 Å². The predicted molar refractivity (Wildman–Crippen MR) is 112 cm³/mol. The molecular formula is C23H27NO9. The number of benzene rings is 1.